The minimum Gasteiger partial charge on any atom is -0.386 e. The topological polar surface area (TPSA) is 50.7 Å². The van der Waals surface area contributed by atoms with E-state index in [-0.39, 0.29) is 0 Å². The molecule has 0 spiro atoms. The second kappa shape index (κ2) is 4.40. The smallest absolute Gasteiger partial charge is 0.119 e. The molecule has 0 aliphatic rings. The van der Waals surface area contributed by atoms with Crippen molar-refractivity contribution >= 4 is 11.5 Å². The summed E-state index contributed by atoms with van der Waals surface area (Å²) in [4.78, 5) is 0. The van der Waals surface area contributed by atoms with Gasteiger partial charge in [-0.1, -0.05) is 30.3 Å². The molecule has 0 heterocycles. The Morgan fingerprint density at radius 1 is 1.08 bits per heavy atom. The van der Waals surface area contributed by atoms with E-state index in [0.29, 0.717) is 5.84 Å². The van der Waals surface area contributed by atoms with Gasteiger partial charge in [-0.3, -0.25) is 0 Å². The SMILES string of the molecule is C/C(N)=N/N=C(\C)c1ccccc1. The van der Waals surface area contributed by atoms with E-state index in [4.69, 9.17) is 5.73 Å². The molecule has 0 atom stereocenters. The fraction of sp³-hybridized carbons (Fsp3) is 0.200. The van der Waals surface area contributed by atoms with Gasteiger partial charge < -0.3 is 5.73 Å². The molecule has 0 aliphatic heterocycles. The van der Waals surface area contributed by atoms with Crippen molar-refractivity contribution in [1.29, 1.82) is 0 Å². The van der Waals surface area contributed by atoms with Crippen molar-refractivity contribution in [2.75, 3.05) is 0 Å². The lowest BCUT2D eigenvalue weighted by molar-refractivity contribution is 1.20. The molecule has 1 rings (SSSR count). The number of hydrogen-bond acceptors (Lipinski definition) is 2. The van der Waals surface area contributed by atoms with Crippen molar-refractivity contribution in [3.05, 3.63) is 35.9 Å². The molecule has 0 fully saturated rings. The summed E-state index contributed by atoms with van der Waals surface area (Å²) in [6, 6.07) is 9.87. The Bertz CT molecular complexity index is 321. The summed E-state index contributed by atoms with van der Waals surface area (Å²) in [6.07, 6.45) is 0. The monoisotopic (exact) mass is 175 g/mol. The van der Waals surface area contributed by atoms with Gasteiger partial charge in [-0.2, -0.15) is 5.10 Å². The third-order valence-electron chi connectivity index (χ3n) is 1.55. The maximum atomic E-state index is 5.36. The lowest BCUT2D eigenvalue weighted by Gasteiger charge is -1.96. The molecule has 0 aliphatic carbocycles. The van der Waals surface area contributed by atoms with Gasteiger partial charge in [0.1, 0.15) is 5.84 Å². The summed E-state index contributed by atoms with van der Waals surface area (Å²) in [5.74, 6) is 0.468. The lowest BCUT2D eigenvalue weighted by atomic mass is 10.1. The number of hydrogen-bond donors (Lipinski definition) is 1. The first-order valence-corrected chi connectivity index (χ1v) is 4.10. The summed E-state index contributed by atoms with van der Waals surface area (Å²) < 4.78 is 0. The van der Waals surface area contributed by atoms with Crippen molar-refractivity contribution in [1.82, 2.24) is 0 Å². The normalized spacial score (nSPS) is 13.1. The van der Waals surface area contributed by atoms with E-state index in [2.05, 4.69) is 10.2 Å². The van der Waals surface area contributed by atoms with E-state index in [1.807, 2.05) is 37.3 Å². The summed E-state index contributed by atoms with van der Waals surface area (Å²) in [6.45, 7) is 3.61. The van der Waals surface area contributed by atoms with E-state index < -0.39 is 0 Å². The Morgan fingerprint density at radius 2 is 1.69 bits per heavy atom. The highest BCUT2D eigenvalue weighted by Gasteiger charge is 1.93. The van der Waals surface area contributed by atoms with Crippen LogP contribution in [0.15, 0.2) is 40.5 Å². The van der Waals surface area contributed by atoms with Crippen molar-refractivity contribution in [3.8, 4) is 0 Å². The Hall–Kier alpha value is -1.64. The molecule has 2 N–H and O–H groups in total. The van der Waals surface area contributed by atoms with Crippen LogP contribution < -0.4 is 5.73 Å². The molecule has 13 heavy (non-hydrogen) atoms. The minimum absolute atomic E-state index is 0.468. The molecular weight excluding hydrogens is 162 g/mol. The number of rotatable bonds is 2. The molecule has 0 radical (unpaired) electrons. The van der Waals surface area contributed by atoms with Crippen LogP contribution in [0.4, 0.5) is 0 Å². The zero-order valence-electron chi connectivity index (χ0n) is 7.86. The minimum atomic E-state index is 0.468. The molecule has 1 aromatic carbocycles. The van der Waals surface area contributed by atoms with E-state index in [1.54, 1.807) is 6.92 Å². The van der Waals surface area contributed by atoms with E-state index in [0.717, 1.165) is 11.3 Å². The average Bonchev–Trinajstić information content (AvgIpc) is 2.15. The van der Waals surface area contributed by atoms with Crippen LogP contribution >= 0.6 is 0 Å². The summed E-state index contributed by atoms with van der Waals surface area (Å²) in [7, 11) is 0. The predicted octanol–water partition coefficient (Wildman–Crippen LogP) is 1.79. The highest BCUT2D eigenvalue weighted by Crippen LogP contribution is 2.00. The molecule has 0 bridgehead atoms. The fourth-order valence-corrected chi connectivity index (χ4v) is 0.891. The largest absolute Gasteiger partial charge is 0.386 e. The zero-order valence-corrected chi connectivity index (χ0v) is 7.86. The molecule has 0 saturated carbocycles. The quantitative estimate of drug-likeness (QED) is 0.416. The van der Waals surface area contributed by atoms with E-state index in [1.165, 1.54) is 0 Å². The average molecular weight is 175 g/mol. The third kappa shape index (κ3) is 3.07. The van der Waals surface area contributed by atoms with Gasteiger partial charge in [0.15, 0.2) is 0 Å². The standard InChI is InChI=1S/C10H13N3/c1-8(12-13-9(2)11)10-6-4-3-5-7-10/h3-7H,1-2H3,(H2,11,13)/b12-8+. The fourth-order valence-electron chi connectivity index (χ4n) is 0.891. The number of benzene rings is 1. The van der Waals surface area contributed by atoms with Crippen LogP contribution in [0.25, 0.3) is 0 Å². The van der Waals surface area contributed by atoms with Crippen LogP contribution in [-0.2, 0) is 0 Å². The summed E-state index contributed by atoms with van der Waals surface area (Å²) in [5.41, 5.74) is 7.29. The Labute approximate surface area is 78.0 Å². The summed E-state index contributed by atoms with van der Waals surface area (Å²) in [5, 5.41) is 7.76. The number of nitrogens with two attached hydrogens (primary N) is 1. The lowest BCUT2D eigenvalue weighted by Crippen LogP contribution is -2.04. The van der Waals surface area contributed by atoms with Gasteiger partial charge in [-0.15, -0.1) is 5.10 Å². The highest BCUT2D eigenvalue weighted by atomic mass is 15.2. The van der Waals surface area contributed by atoms with Gasteiger partial charge in [-0.25, -0.2) is 0 Å². The van der Waals surface area contributed by atoms with Crippen LogP contribution in [0, 0.1) is 0 Å². The van der Waals surface area contributed by atoms with Crippen molar-refractivity contribution in [3.63, 3.8) is 0 Å². The molecule has 0 amide bonds. The molecule has 1 aromatic rings. The number of amidine groups is 1. The second-order valence-electron chi connectivity index (χ2n) is 2.79. The first-order valence-electron chi connectivity index (χ1n) is 4.10. The maximum Gasteiger partial charge on any atom is 0.119 e. The van der Waals surface area contributed by atoms with Crippen LogP contribution in [-0.4, -0.2) is 11.5 Å². The molecule has 0 saturated heterocycles. The molecule has 68 valence electrons. The van der Waals surface area contributed by atoms with E-state index >= 15 is 0 Å². The van der Waals surface area contributed by atoms with Crippen LogP contribution in [0.5, 0.6) is 0 Å². The molecule has 0 aromatic heterocycles. The van der Waals surface area contributed by atoms with Crippen LogP contribution in [0.3, 0.4) is 0 Å². The Morgan fingerprint density at radius 3 is 2.23 bits per heavy atom. The first-order chi connectivity index (χ1) is 6.20. The predicted molar refractivity (Wildman–Crippen MR) is 55.9 cm³/mol. The van der Waals surface area contributed by atoms with Gasteiger partial charge in [-0.05, 0) is 19.4 Å². The highest BCUT2D eigenvalue weighted by molar-refractivity contribution is 5.98. The van der Waals surface area contributed by atoms with Crippen molar-refractivity contribution < 1.29 is 0 Å². The second-order valence-corrected chi connectivity index (χ2v) is 2.79. The van der Waals surface area contributed by atoms with Crippen LogP contribution in [0.2, 0.25) is 0 Å². The Kier molecular flexibility index (Phi) is 3.20. The van der Waals surface area contributed by atoms with Crippen LogP contribution in [0.1, 0.15) is 19.4 Å². The van der Waals surface area contributed by atoms with Gasteiger partial charge in [0, 0.05) is 0 Å². The zero-order chi connectivity index (χ0) is 9.68. The third-order valence-corrected chi connectivity index (χ3v) is 1.55. The molecular formula is C10H13N3. The molecule has 3 nitrogen and oxygen atoms in total. The van der Waals surface area contributed by atoms with Gasteiger partial charge in [0.2, 0.25) is 0 Å². The van der Waals surface area contributed by atoms with Gasteiger partial charge >= 0.3 is 0 Å². The van der Waals surface area contributed by atoms with Gasteiger partial charge in [0.05, 0.1) is 5.71 Å². The summed E-state index contributed by atoms with van der Waals surface area (Å²) >= 11 is 0. The van der Waals surface area contributed by atoms with Crippen molar-refractivity contribution in [2.45, 2.75) is 13.8 Å². The van der Waals surface area contributed by atoms with Gasteiger partial charge in [0.25, 0.3) is 0 Å². The Balaban J connectivity index is 2.86. The first kappa shape index (κ1) is 9.45. The maximum absolute atomic E-state index is 5.36. The molecule has 0 unspecified atom stereocenters. The number of nitrogens with zero attached hydrogens (tertiary/aromatic N) is 2. The molecule has 3 heteroatoms. The van der Waals surface area contributed by atoms with Crippen molar-refractivity contribution in [2.24, 2.45) is 15.9 Å². The van der Waals surface area contributed by atoms with E-state index in [9.17, 15) is 0 Å².